The number of carbonyl (C=O) groups excluding carboxylic acids is 1. The second kappa shape index (κ2) is 9.75. The molecule has 0 bridgehead atoms. The summed E-state index contributed by atoms with van der Waals surface area (Å²) in [4.78, 5) is 15.7. The molecule has 23 heavy (non-hydrogen) atoms. The predicted molar refractivity (Wildman–Crippen MR) is 96.9 cm³/mol. The molecule has 0 saturated heterocycles. The minimum Gasteiger partial charge on any atom is -0.373 e. The van der Waals surface area contributed by atoms with Crippen molar-refractivity contribution in [2.24, 2.45) is 5.73 Å². The van der Waals surface area contributed by atoms with Crippen molar-refractivity contribution in [3.8, 4) is 0 Å². The van der Waals surface area contributed by atoms with E-state index in [1.165, 1.54) is 0 Å². The summed E-state index contributed by atoms with van der Waals surface area (Å²) in [6.45, 7) is 1.20. The fourth-order valence-corrected chi connectivity index (χ4v) is 2.65. The van der Waals surface area contributed by atoms with Gasteiger partial charge in [0.25, 0.3) is 0 Å². The smallest absolute Gasteiger partial charge is 0.239 e. The van der Waals surface area contributed by atoms with Crippen LogP contribution < -0.4 is 10.6 Å². The van der Waals surface area contributed by atoms with Crippen LogP contribution in [0, 0.1) is 0 Å². The van der Waals surface area contributed by atoms with E-state index < -0.39 is 15.9 Å². The Labute approximate surface area is 145 Å². The zero-order chi connectivity index (χ0) is 16.8. The zero-order valence-corrected chi connectivity index (χ0v) is 15.4. The van der Waals surface area contributed by atoms with Crippen LogP contribution >= 0.6 is 12.4 Å². The Morgan fingerprint density at radius 3 is 2.26 bits per heavy atom. The first-order valence-electron chi connectivity index (χ1n) is 7.15. The Bertz CT molecular complexity index is 581. The van der Waals surface area contributed by atoms with Crippen LogP contribution in [-0.2, 0) is 14.6 Å². The second-order valence-electron chi connectivity index (χ2n) is 5.54. The van der Waals surface area contributed by atoms with Crippen molar-refractivity contribution < 1.29 is 13.2 Å². The molecule has 0 aliphatic carbocycles. The molecule has 1 aromatic rings. The summed E-state index contributed by atoms with van der Waals surface area (Å²) in [5.41, 5.74) is 6.85. The number of benzene rings is 1. The summed E-state index contributed by atoms with van der Waals surface area (Å²) in [6.07, 6.45) is 1.29. The molecule has 0 saturated carbocycles. The molecule has 0 radical (unpaired) electrons. The molecule has 8 heteroatoms. The van der Waals surface area contributed by atoms with Crippen LogP contribution in [0.5, 0.6) is 0 Å². The number of para-hydroxylation sites is 1. The number of nitrogens with zero attached hydrogens (tertiary/aromatic N) is 2. The third-order valence-corrected chi connectivity index (χ3v) is 4.44. The predicted octanol–water partition coefficient (Wildman–Crippen LogP) is 0.765. The van der Waals surface area contributed by atoms with Gasteiger partial charge in [0.2, 0.25) is 5.91 Å². The first-order valence-corrected chi connectivity index (χ1v) is 9.21. The molecule has 0 spiro atoms. The molecule has 0 heterocycles. The van der Waals surface area contributed by atoms with Gasteiger partial charge in [-0.2, -0.15) is 0 Å². The average molecular weight is 364 g/mol. The molecule has 1 unspecified atom stereocenters. The molecule has 1 amide bonds. The highest BCUT2D eigenvalue weighted by Crippen LogP contribution is 2.10. The van der Waals surface area contributed by atoms with Crippen molar-refractivity contribution in [1.29, 1.82) is 0 Å². The Hall–Kier alpha value is -1.31. The lowest BCUT2D eigenvalue weighted by Crippen LogP contribution is -2.45. The Kier molecular flexibility index (Phi) is 9.19. The summed E-state index contributed by atoms with van der Waals surface area (Å²) in [5, 5.41) is 0. The van der Waals surface area contributed by atoms with Crippen molar-refractivity contribution >= 4 is 33.8 Å². The van der Waals surface area contributed by atoms with Gasteiger partial charge in [-0.05, 0) is 18.6 Å². The molecule has 1 atom stereocenters. The number of hydrogen-bond donors (Lipinski definition) is 1. The third kappa shape index (κ3) is 8.20. The van der Waals surface area contributed by atoms with Crippen LogP contribution in [0.4, 0.5) is 5.69 Å². The minimum absolute atomic E-state index is 0. The summed E-state index contributed by atoms with van der Waals surface area (Å²) < 4.78 is 22.2. The Morgan fingerprint density at radius 1 is 1.17 bits per heavy atom. The maximum Gasteiger partial charge on any atom is 0.239 e. The zero-order valence-electron chi connectivity index (χ0n) is 13.8. The molecule has 0 aliphatic rings. The summed E-state index contributed by atoms with van der Waals surface area (Å²) in [5.74, 6) is -0.303. The normalized spacial score (nSPS) is 12.2. The van der Waals surface area contributed by atoms with Gasteiger partial charge in [-0.3, -0.25) is 4.79 Å². The summed E-state index contributed by atoms with van der Waals surface area (Å²) >= 11 is 0. The number of hydrogen-bond acceptors (Lipinski definition) is 5. The number of amides is 1. The SMILES string of the molecule is CN(CCN(C)c1ccccc1)C(=O)C(N)CCS(C)(=O)=O.Cl. The van der Waals surface area contributed by atoms with E-state index in [9.17, 15) is 13.2 Å². The third-order valence-electron chi connectivity index (χ3n) is 3.46. The second-order valence-corrected chi connectivity index (χ2v) is 7.80. The Morgan fingerprint density at radius 2 is 1.74 bits per heavy atom. The van der Waals surface area contributed by atoms with Gasteiger partial charge in [0.15, 0.2) is 0 Å². The van der Waals surface area contributed by atoms with E-state index in [2.05, 4.69) is 0 Å². The number of likely N-dealkylation sites (N-methyl/N-ethyl adjacent to an activating group) is 2. The van der Waals surface area contributed by atoms with Gasteiger partial charge < -0.3 is 15.5 Å². The van der Waals surface area contributed by atoms with E-state index in [4.69, 9.17) is 5.73 Å². The lowest BCUT2D eigenvalue weighted by molar-refractivity contribution is -0.131. The number of nitrogens with two attached hydrogens (primary N) is 1. The van der Waals surface area contributed by atoms with Crippen LogP contribution in [0.25, 0.3) is 0 Å². The van der Waals surface area contributed by atoms with Crippen LogP contribution in [0.1, 0.15) is 6.42 Å². The van der Waals surface area contributed by atoms with E-state index in [0.29, 0.717) is 13.1 Å². The molecule has 0 fully saturated rings. The van der Waals surface area contributed by atoms with E-state index in [1.54, 1.807) is 11.9 Å². The monoisotopic (exact) mass is 363 g/mol. The van der Waals surface area contributed by atoms with Gasteiger partial charge in [-0.1, -0.05) is 18.2 Å². The van der Waals surface area contributed by atoms with Gasteiger partial charge >= 0.3 is 0 Å². The molecule has 1 aromatic carbocycles. The minimum atomic E-state index is -3.10. The lowest BCUT2D eigenvalue weighted by Gasteiger charge is -2.25. The molecule has 0 aromatic heterocycles. The molecule has 1 rings (SSSR count). The maximum absolute atomic E-state index is 12.1. The highest BCUT2D eigenvalue weighted by atomic mass is 35.5. The Balaban J connectivity index is 0.00000484. The fourth-order valence-electron chi connectivity index (χ4n) is 1.97. The first-order chi connectivity index (χ1) is 10.2. The summed E-state index contributed by atoms with van der Waals surface area (Å²) in [6, 6.07) is 9.10. The van der Waals surface area contributed by atoms with Gasteiger partial charge in [-0.25, -0.2) is 8.42 Å². The molecule has 0 aliphatic heterocycles. The molecular formula is C15H26ClN3O3S. The quantitative estimate of drug-likeness (QED) is 0.737. The highest BCUT2D eigenvalue weighted by Gasteiger charge is 2.19. The molecule has 6 nitrogen and oxygen atoms in total. The maximum atomic E-state index is 12.1. The van der Waals surface area contributed by atoms with Crippen molar-refractivity contribution in [3.05, 3.63) is 30.3 Å². The first kappa shape index (κ1) is 21.7. The van der Waals surface area contributed by atoms with E-state index in [1.807, 2.05) is 42.3 Å². The number of rotatable bonds is 8. The molecule has 132 valence electrons. The topological polar surface area (TPSA) is 83.7 Å². The highest BCUT2D eigenvalue weighted by molar-refractivity contribution is 7.90. The molecule has 2 N–H and O–H groups in total. The number of halogens is 1. The van der Waals surface area contributed by atoms with Crippen molar-refractivity contribution in [1.82, 2.24) is 4.90 Å². The summed E-state index contributed by atoms with van der Waals surface area (Å²) in [7, 11) is 0.538. The van der Waals surface area contributed by atoms with E-state index in [-0.39, 0.29) is 30.5 Å². The van der Waals surface area contributed by atoms with Crippen LogP contribution in [0.3, 0.4) is 0 Å². The van der Waals surface area contributed by atoms with Gasteiger partial charge in [0, 0.05) is 39.1 Å². The number of anilines is 1. The van der Waals surface area contributed by atoms with Gasteiger partial charge in [0.1, 0.15) is 9.84 Å². The van der Waals surface area contributed by atoms with Crippen molar-refractivity contribution in [3.63, 3.8) is 0 Å². The molecular weight excluding hydrogens is 338 g/mol. The van der Waals surface area contributed by atoms with Gasteiger partial charge in [0.05, 0.1) is 11.8 Å². The van der Waals surface area contributed by atoms with Crippen LogP contribution in [-0.4, -0.2) is 64.5 Å². The average Bonchev–Trinajstić information content (AvgIpc) is 2.49. The van der Waals surface area contributed by atoms with E-state index in [0.717, 1.165) is 11.9 Å². The lowest BCUT2D eigenvalue weighted by atomic mass is 10.2. The van der Waals surface area contributed by atoms with Crippen molar-refractivity contribution in [2.75, 3.05) is 44.1 Å². The standard InChI is InChI=1S/C15H25N3O3S.ClH/c1-17(13-7-5-4-6-8-13)10-11-18(2)15(19)14(16)9-12-22(3,20)21;/h4-8,14H,9-12,16H2,1-3H3;1H. The van der Waals surface area contributed by atoms with Crippen molar-refractivity contribution in [2.45, 2.75) is 12.5 Å². The van der Waals surface area contributed by atoms with E-state index >= 15 is 0 Å². The van der Waals surface area contributed by atoms with Crippen LogP contribution in [0.15, 0.2) is 30.3 Å². The fraction of sp³-hybridized carbons (Fsp3) is 0.533. The largest absolute Gasteiger partial charge is 0.373 e. The van der Waals surface area contributed by atoms with Crippen LogP contribution in [0.2, 0.25) is 0 Å². The number of carbonyl (C=O) groups is 1. The van der Waals surface area contributed by atoms with Gasteiger partial charge in [-0.15, -0.1) is 12.4 Å². The number of sulfone groups is 1.